The maximum atomic E-state index is 5.52. The minimum absolute atomic E-state index is 0.111. The number of rotatable bonds is 4. The van der Waals surface area contributed by atoms with Crippen LogP contribution < -0.4 is 15.0 Å². The maximum Gasteiger partial charge on any atom is 0.234 e. The summed E-state index contributed by atoms with van der Waals surface area (Å²) in [7, 11) is 0. The van der Waals surface area contributed by atoms with Crippen molar-refractivity contribution in [2.75, 3.05) is 31.1 Å². The molecule has 2 rings (SSSR count). The largest absolute Gasteiger partial charge is 0.477 e. The molecule has 1 fully saturated rings. The normalized spacial score (nSPS) is 18.7. The molecule has 0 aliphatic carbocycles. The van der Waals surface area contributed by atoms with E-state index in [1.165, 1.54) is 0 Å². The van der Waals surface area contributed by atoms with Crippen LogP contribution in [-0.2, 0) is 0 Å². The fraction of sp³-hybridized carbons (Fsp3) is 0.692. The fourth-order valence-electron chi connectivity index (χ4n) is 2.10. The van der Waals surface area contributed by atoms with Gasteiger partial charge in [0.25, 0.3) is 0 Å². The molecule has 0 spiro atoms. The second kappa shape index (κ2) is 5.52. The molecule has 1 saturated heterocycles. The molecule has 0 bridgehead atoms. The molecule has 0 radical (unpaired) electrons. The second-order valence-corrected chi connectivity index (χ2v) is 5.30. The summed E-state index contributed by atoms with van der Waals surface area (Å²) < 4.78 is 5.52. The molecule has 100 valence electrons. The van der Waals surface area contributed by atoms with Crippen LogP contribution in [0.25, 0.3) is 0 Å². The van der Waals surface area contributed by atoms with E-state index in [-0.39, 0.29) is 5.54 Å². The highest BCUT2D eigenvalue weighted by molar-refractivity contribution is 5.39. The van der Waals surface area contributed by atoms with Crippen molar-refractivity contribution in [3.8, 4) is 5.88 Å². The van der Waals surface area contributed by atoms with Gasteiger partial charge in [-0.25, -0.2) is 0 Å². The summed E-state index contributed by atoms with van der Waals surface area (Å²) in [5.74, 6) is 1.52. The van der Waals surface area contributed by atoms with Gasteiger partial charge in [0, 0.05) is 25.2 Å². The summed E-state index contributed by atoms with van der Waals surface area (Å²) >= 11 is 0. The Bertz CT molecular complexity index is 394. The van der Waals surface area contributed by atoms with Gasteiger partial charge in [-0.05, 0) is 20.3 Å². The van der Waals surface area contributed by atoms with Crippen molar-refractivity contribution < 1.29 is 4.74 Å². The molecule has 1 N–H and O–H groups in total. The molecule has 5 heteroatoms. The summed E-state index contributed by atoms with van der Waals surface area (Å²) in [5.41, 5.74) is 0.111. The molecular weight excluding hydrogens is 228 g/mol. The van der Waals surface area contributed by atoms with E-state index in [9.17, 15) is 0 Å². The average Bonchev–Trinajstić information content (AvgIpc) is 2.35. The van der Waals surface area contributed by atoms with E-state index >= 15 is 0 Å². The first-order valence-electron chi connectivity index (χ1n) is 6.55. The highest BCUT2D eigenvalue weighted by atomic mass is 16.5. The van der Waals surface area contributed by atoms with Crippen molar-refractivity contribution in [2.45, 2.75) is 32.7 Å². The van der Waals surface area contributed by atoms with Crippen LogP contribution in [0.5, 0.6) is 5.88 Å². The van der Waals surface area contributed by atoms with Gasteiger partial charge in [-0.3, -0.25) is 4.98 Å². The fourth-order valence-corrected chi connectivity index (χ4v) is 2.10. The van der Waals surface area contributed by atoms with E-state index in [1.807, 2.05) is 0 Å². The summed E-state index contributed by atoms with van der Waals surface area (Å²) in [5, 5.41) is 3.49. The number of hydrogen-bond donors (Lipinski definition) is 1. The molecule has 0 unspecified atom stereocenters. The first-order valence-corrected chi connectivity index (χ1v) is 6.55. The molecule has 0 atom stereocenters. The Morgan fingerprint density at radius 1 is 1.44 bits per heavy atom. The number of aromatic nitrogens is 2. The predicted octanol–water partition coefficient (Wildman–Crippen LogP) is 1.45. The van der Waals surface area contributed by atoms with Crippen molar-refractivity contribution >= 4 is 5.82 Å². The molecule has 5 nitrogen and oxygen atoms in total. The SMILES string of the molecule is CCCOc1cncc(N2CCNC(C)(C)C2)n1. The van der Waals surface area contributed by atoms with Gasteiger partial charge in [-0.15, -0.1) is 0 Å². The first-order chi connectivity index (χ1) is 8.61. The van der Waals surface area contributed by atoms with Crippen LogP contribution in [0.1, 0.15) is 27.2 Å². The van der Waals surface area contributed by atoms with Crippen molar-refractivity contribution in [3.63, 3.8) is 0 Å². The van der Waals surface area contributed by atoms with Gasteiger partial charge in [0.05, 0.1) is 19.0 Å². The highest BCUT2D eigenvalue weighted by Crippen LogP contribution is 2.19. The summed E-state index contributed by atoms with van der Waals surface area (Å²) in [6.45, 7) is 10.0. The van der Waals surface area contributed by atoms with E-state index in [4.69, 9.17) is 4.74 Å². The Hall–Kier alpha value is -1.36. The third kappa shape index (κ3) is 3.32. The molecule has 1 aromatic rings. The zero-order valence-corrected chi connectivity index (χ0v) is 11.4. The van der Waals surface area contributed by atoms with Crippen LogP contribution in [0.15, 0.2) is 12.4 Å². The van der Waals surface area contributed by atoms with Gasteiger partial charge in [0.15, 0.2) is 5.82 Å². The Balaban J connectivity index is 2.07. The lowest BCUT2D eigenvalue weighted by atomic mass is 10.0. The van der Waals surface area contributed by atoms with E-state index in [2.05, 4.69) is 41.0 Å². The van der Waals surface area contributed by atoms with Gasteiger partial charge in [0.2, 0.25) is 5.88 Å². The van der Waals surface area contributed by atoms with Gasteiger partial charge in [-0.2, -0.15) is 4.98 Å². The maximum absolute atomic E-state index is 5.52. The molecule has 0 saturated carbocycles. The number of hydrogen-bond acceptors (Lipinski definition) is 5. The lowest BCUT2D eigenvalue weighted by molar-refractivity contribution is 0.302. The van der Waals surface area contributed by atoms with E-state index < -0.39 is 0 Å². The Morgan fingerprint density at radius 3 is 3.00 bits per heavy atom. The van der Waals surface area contributed by atoms with Gasteiger partial charge in [0.1, 0.15) is 0 Å². The van der Waals surface area contributed by atoms with Crippen LogP contribution in [0, 0.1) is 0 Å². The number of nitrogens with one attached hydrogen (secondary N) is 1. The quantitative estimate of drug-likeness (QED) is 0.876. The molecule has 1 aromatic heterocycles. The third-order valence-electron chi connectivity index (χ3n) is 2.95. The second-order valence-electron chi connectivity index (χ2n) is 5.30. The minimum atomic E-state index is 0.111. The van der Waals surface area contributed by atoms with Gasteiger partial charge < -0.3 is 15.0 Å². The molecule has 2 heterocycles. The lowest BCUT2D eigenvalue weighted by Gasteiger charge is -2.39. The van der Waals surface area contributed by atoms with Crippen LogP contribution in [0.3, 0.4) is 0 Å². The Morgan fingerprint density at radius 2 is 2.28 bits per heavy atom. The molecule has 1 aliphatic heterocycles. The predicted molar refractivity (Wildman–Crippen MR) is 72.1 cm³/mol. The van der Waals surface area contributed by atoms with Crippen LogP contribution >= 0.6 is 0 Å². The van der Waals surface area contributed by atoms with Crippen LogP contribution in [0.2, 0.25) is 0 Å². The molecule has 0 amide bonds. The van der Waals surface area contributed by atoms with Crippen molar-refractivity contribution in [1.29, 1.82) is 0 Å². The lowest BCUT2D eigenvalue weighted by Crippen LogP contribution is -2.57. The Labute approximate surface area is 109 Å². The monoisotopic (exact) mass is 250 g/mol. The molecule has 0 aromatic carbocycles. The van der Waals surface area contributed by atoms with Crippen molar-refractivity contribution in [2.24, 2.45) is 0 Å². The number of ether oxygens (including phenoxy) is 1. The minimum Gasteiger partial charge on any atom is -0.477 e. The first kappa shape index (κ1) is 13.1. The zero-order valence-electron chi connectivity index (χ0n) is 11.4. The Kier molecular flexibility index (Phi) is 4.01. The molecule has 1 aliphatic rings. The van der Waals surface area contributed by atoms with E-state index in [0.29, 0.717) is 12.5 Å². The standard InChI is InChI=1S/C13H22N4O/c1-4-7-18-12-9-14-8-11(16-12)17-6-5-15-13(2,3)10-17/h8-9,15H,4-7,10H2,1-3H3. The highest BCUT2D eigenvalue weighted by Gasteiger charge is 2.26. The number of anilines is 1. The molecule has 18 heavy (non-hydrogen) atoms. The summed E-state index contributed by atoms with van der Waals surface area (Å²) in [6, 6.07) is 0. The van der Waals surface area contributed by atoms with Crippen molar-refractivity contribution in [1.82, 2.24) is 15.3 Å². The number of nitrogens with zero attached hydrogens (tertiary/aromatic N) is 3. The topological polar surface area (TPSA) is 50.3 Å². The van der Waals surface area contributed by atoms with Crippen LogP contribution in [0.4, 0.5) is 5.82 Å². The smallest absolute Gasteiger partial charge is 0.234 e. The third-order valence-corrected chi connectivity index (χ3v) is 2.95. The van der Waals surface area contributed by atoms with Crippen molar-refractivity contribution in [3.05, 3.63) is 12.4 Å². The van der Waals surface area contributed by atoms with Gasteiger partial charge >= 0.3 is 0 Å². The zero-order chi connectivity index (χ0) is 13.0. The summed E-state index contributed by atoms with van der Waals surface area (Å²) in [6.07, 6.45) is 4.46. The number of piperazine rings is 1. The molecular formula is C13H22N4O. The summed E-state index contributed by atoms with van der Waals surface area (Å²) in [4.78, 5) is 11.0. The van der Waals surface area contributed by atoms with Crippen LogP contribution in [-0.4, -0.2) is 41.7 Å². The van der Waals surface area contributed by atoms with E-state index in [1.54, 1.807) is 12.4 Å². The van der Waals surface area contributed by atoms with E-state index in [0.717, 1.165) is 31.9 Å². The van der Waals surface area contributed by atoms with Gasteiger partial charge in [-0.1, -0.05) is 6.92 Å². The average molecular weight is 250 g/mol.